The number of nitro groups is 1. The van der Waals surface area contributed by atoms with Crippen LogP contribution in [0.1, 0.15) is 12.5 Å². The number of hydrogen-bond donors (Lipinski definition) is 1. The summed E-state index contributed by atoms with van der Waals surface area (Å²) in [4.78, 5) is 36.1. The molecular formula is C19H20ClN3O5. The molecule has 0 aromatic heterocycles. The van der Waals surface area contributed by atoms with Crippen LogP contribution in [0.5, 0.6) is 5.75 Å². The van der Waals surface area contributed by atoms with E-state index in [1.54, 1.807) is 25.1 Å². The number of non-ortho nitro benzene ring substituents is 1. The number of anilines is 1. The molecule has 1 N–H and O–H groups in total. The number of nitrogens with zero attached hydrogens (tertiary/aromatic N) is 2. The first-order chi connectivity index (χ1) is 13.3. The fourth-order valence-corrected chi connectivity index (χ4v) is 2.54. The minimum Gasteiger partial charge on any atom is -0.484 e. The van der Waals surface area contributed by atoms with Gasteiger partial charge in [0.05, 0.1) is 11.5 Å². The number of halogens is 1. The Balaban J connectivity index is 1.90. The lowest BCUT2D eigenvalue weighted by atomic mass is 10.2. The maximum Gasteiger partial charge on any atom is 0.269 e. The molecule has 0 unspecified atom stereocenters. The van der Waals surface area contributed by atoms with Crippen LogP contribution >= 0.6 is 11.6 Å². The minimum absolute atomic E-state index is 0.0677. The summed E-state index contributed by atoms with van der Waals surface area (Å²) in [6.45, 7) is 3.50. The van der Waals surface area contributed by atoms with Gasteiger partial charge in [0.2, 0.25) is 5.91 Å². The normalized spacial score (nSPS) is 10.2. The summed E-state index contributed by atoms with van der Waals surface area (Å²) in [5.74, 6) is -0.399. The SMILES string of the molecule is CCN(CC(=O)Nc1cc(Cl)ccc1C)C(=O)COc1ccc([N+](=O)[O-])cc1. The molecule has 28 heavy (non-hydrogen) atoms. The molecule has 0 bridgehead atoms. The zero-order chi connectivity index (χ0) is 20.7. The molecule has 0 radical (unpaired) electrons. The van der Waals surface area contributed by atoms with Crippen LogP contribution in [0.4, 0.5) is 11.4 Å². The molecule has 2 aromatic carbocycles. The van der Waals surface area contributed by atoms with Gasteiger partial charge in [-0.3, -0.25) is 19.7 Å². The number of hydrogen-bond acceptors (Lipinski definition) is 5. The highest BCUT2D eigenvalue weighted by Crippen LogP contribution is 2.20. The molecule has 0 heterocycles. The molecular weight excluding hydrogens is 386 g/mol. The fourth-order valence-electron chi connectivity index (χ4n) is 2.37. The van der Waals surface area contributed by atoms with Gasteiger partial charge in [-0.05, 0) is 43.7 Å². The van der Waals surface area contributed by atoms with Crippen molar-refractivity contribution in [3.63, 3.8) is 0 Å². The molecule has 0 saturated carbocycles. The van der Waals surface area contributed by atoms with Crippen LogP contribution in [0.25, 0.3) is 0 Å². The van der Waals surface area contributed by atoms with Gasteiger partial charge in [-0.15, -0.1) is 0 Å². The second kappa shape index (κ2) is 9.70. The Kier molecular flexibility index (Phi) is 7.34. The molecule has 0 atom stereocenters. The Bertz CT molecular complexity index is 870. The summed E-state index contributed by atoms with van der Waals surface area (Å²) in [5, 5.41) is 13.9. The molecule has 8 nitrogen and oxygen atoms in total. The molecule has 2 rings (SSSR count). The van der Waals surface area contributed by atoms with E-state index in [0.717, 1.165) is 5.56 Å². The first kappa shape index (κ1) is 21.2. The molecule has 2 amide bonds. The van der Waals surface area contributed by atoms with Crippen LogP contribution in [0, 0.1) is 17.0 Å². The molecule has 0 aliphatic carbocycles. The maximum absolute atomic E-state index is 12.3. The summed E-state index contributed by atoms with van der Waals surface area (Å²) in [7, 11) is 0. The summed E-state index contributed by atoms with van der Waals surface area (Å²) >= 11 is 5.94. The van der Waals surface area contributed by atoms with Crippen molar-refractivity contribution in [1.29, 1.82) is 0 Å². The zero-order valence-corrected chi connectivity index (χ0v) is 16.2. The molecule has 0 aliphatic heterocycles. The van der Waals surface area contributed by atoms with Gasteiger partial charge in [-0.1, -0.05) is 17.7 Å². The smallest absolute Gasteiger partial charge is 0.269 e. The Morgan fingerprint density at radius 2 is 1.89 bits per heavy atom. The predicted octanol–water partition coefficient (Wildman–Crippen LogP) is 3.42. The third-order valence-corrected chi connectivity index (χ3v) is 4.19. The number of benzene rings is 2. The molecule has 0 aliphatic rings. The number of rotatable bonds is 8. The van der Waals surface area contributed by atoms with Crippen LogP contribution in [0.15, 0.2) is 42.5 Å². The van der Waals surface area contributed by atoms with Gasteiger partial charge < -0.3 is 15.0 Å². The van der Waals surface area contributed by atoms with Crippen molar-refractivity contribution in [3.05, 3.63) is 63.2 Å². The predicted molar refractivity (Wildman–Crippen MR) is 106 cm³/mol. The van der Waals surface area contributed by atoms with Crippen molar-refractivity contribution in [2.45, 2.75) is 13.8 Å². The number of likely N-dealkylation sites (N-methyl/N-ethyl adjacent to an activating group) is 1. The summed E-state index contributed by atoms with van der Waals surface area (Å²) in [6, 6.07) is 10.6. The zero-order valence-electron chi connectivity index (χ0n) is 15.5. The highest BCUT2D eigenvalue weighted by atomic mass is 35.5. The van der Waals surface area contributed by atoms with Gasteiger partial charge in [-0.2, -0.15) is 0 Å². The quantitative estimate of drug-likeness (QED) is 0.535. The number of amides is 2. The Labute approximate surface area is 167 Å². The van der Waals surface area contributed by atoms with Crippen LogP contribution in [-0.4, -0.2) is 41.3 Å². The summed E-state index contributed by atoms with van der Waals surface area (Å²) in [5.41, 5.74) is 1.37. The molecule has 148 valence electrons. The first-order valence-electron chi connectivity index (χ1n) is 8.51. The Hall–Kier alpha value is -3.13. The van der Waals surface area contributed by atoms with Crippen molar-refractivity contribution in [2.75, 3.05) is 25.0 Å². The van der Waals surface area contributed by atoms with Crippen molar-refractivity contribution in [1.82, 2.24) is 4.90 Å². The first-order valence-corrected chi connectivity index (χ1v) is 8.89. The highest BCUT2D eigenvalue weighted by molar-refractivity contribution is 6.31. The molecule has 0 fully saturated rings. The highest BCUT2D eigenvalue weighted by Gasteiger charge is 2.17. The van der Waals surface area contributed by atoms with Crippen molar-refractivity contribution in [2.24, 2.45) is 0 Å². The number of carbonyl (C=O) groups is 2. The van der Waals surface area contributed by atoms with Gasteiger partial charge in [0.15, 0.2) is 6.61 Å². The third kappa shape index (κ3) is 5.95. The summed E-state index contributed by atoms with van der Waals surface area (Å²) < 4.78 is 5.36. The number of ether oxygens (including phenoxy) is 1. The second-order valence-corrected chi connectivity index (χ2v) is 6.39. The van der Waals surface area contributed by atoms with Crippen LogP contribution in [0.3, 0.4) is 0 Å². The number of nitrogens with one attached hydrogen (secondary N) is 1. The van der Waals surface area contributed by atoms with Crippen LogP contribution < -0.4 is 10.1 Å². The average molecular weight is 406 g/mol. The molecule has 9 heteroatoms. The van der Waals surface area contributed by atoms with Gasteiger partial charge in [-0.25, -0.2) is 0 Å². The van der Waals surface area contributed by atoms with Gasteiger partial charge in [0, 0.05) is 29.4 Å². The van der Waals surface area contributed by atoms with E-state index in [4.69, 9.17) is 16.3 Å². The van der Waals surface area contributed by atoms with E-state index in [9.17, 15) is 19.7 Å². The topological polar surface area (TPSA) is 102 Å². The number of carbonyl (C=O) groups excluding carboxylic acids is 2. The van der Waals surface area contributed by atoms with E-state index < -0.39 is 4.92 Å². The van der Waals surface area contributed by atoms with Gasteiger partial charge >= 0.3 is 0 Å². The van der Waals surface area contributed by atoms with E-state index in [2.05, 4.69) is 5.32 Å². The number of nitro benzene ring substituents is 1. The van der Waals surface area contributed by atoms with E-state index in [1.165, 1.54) is 29.2 Å². The van der Waals surface area contributed by atoms with E-state index in [1.807, 2.05) is 6.92 Å². The molecule has 0 spiro atoms. The number of aryl methyl sites for hydroxylation is 1. The fraction of sp³-hybridized carbons (Fsp3) is 0.263. The van der Waals surface area contributed by atoms with E-state index in [-0.39, 0.29) is 30.7 Å². The Morgan fingerprint density at radius 3 is 2.50 bits per heavy atom. The van der Waals surface area contributed by atoms with Gasteiger partial charge in [0.1, 0.15) is 5.75 Å². The molecule has 2 aromatic rings. The van der Waals surface area contributed by atoms with Crippen LogP contribution in [0.2, 0.25) is 5.02 Å². The minimum atomic E-state index is -0.520. The van der Waals surface area contributed by atoms with Crippen molar-refractivity contribution < 1.29 is 19.2 Å². The summed E-state index contributed by atoms with van der Waals surface area (Å²) in [6.07, 6.45) is 0. The lowest BCUT2D eigenvalue weighted by Gasteiger charge is -2.21. The average Bonchev–Trinajstić information content (AvgIpc) is 2.67. The second-order valence-electron chi connectivity index (χ2n) is 5.96. The van der Waals surface area contributed by atoms with Crippen molar-refractivity contribution in [3.8, 4) is 5.75 Å². The molecule has 0 saturated heterocycles. The van der Waals surface area contributed by atoms with E-state index in [0.29, 0.717) is 23.0 Å². The van der Waals surface area contributed by atoms with Crippen LogP contribution in [-0.2, 0) is 9.59 Å². The third-order valence-electron chi connectivity index (χ3n) is 3.95. The Morgan fingerprint density at radius 1 is 1.21 bits per heavy atom. The van der Waals surface area contributed by atoms with Crippen molar-refractivity contribution >= 4 is 34.8 Å². The lowest BCUT2D eigenvalue weighted by molar-refractivity contribution is -0.384. The van der Waals surface area contributed by atoms with E-state index >= 15 is 0 Å². The standard InChI is InChI=1S/C19H20ClN3O5/c1-3-22(11-18(24)21-17-10-14(20)5-4-13(17)2)19(25)12-28-16-8-6-15(7-9-16)23(26)27/h4-10H,3,11-12H2,1-2H3,(H,21,24). The monoisotopic (exact) mass is 405 g/mol. The largest absolute Gasteiger partial charge is 0.484 e. The maximum atomic E-state index is 12.3. The van der Waals surface area contributed by atoms with Gasteiger partial charge in [0.25, 0.3) is 11.6 Å². The lowest BCUT2D eigenvalue weighted by Crippen LogP contribution is -2.40.